The Hall–Kier alpha value is -4.35. The number of carboxylic acid groups (broad SMARTS) is 1. The highest BCUT2D eigenvalue weighted by molar-refractivity contribution is 5.89. The molecule has 1 aromatic heterocycles. The smallest absolute Gasteiger partial charge is 0.413 e. The van der Waals surface area contributed by atoms with E-state index >= 15 is 0 Å². The van der Waals surface area contributed by atoms with Gasteiger partial charge in [0, 0.05) is 37.2 Å². The van der Waals surface area contributed by atoms with Gasteiger partial charge < -0.3 is 20.1 Å². The normalized spacial score (nSPS) is 12.5. The topological polar surface area (TPSA) is 121 Å². The van der Waals surface area contributed by atoms with Crippen LogP contribution >= 0.6 is 0 Å². The Morgan fingerprint density at radius 2 is 1.86 bits per heavy atom. The maximum absolute atomic E-state index is 13.9. The molecule has 0 bridgehead atoms. The zero-order valence-corrected chi connectivity index (χ0v) is 20.0. The summed E-state index contributed by atoms with van der Waals surface area (Å²) in [6.07, 6.45) is -0.836. The lowest BCUT2D eigenvalue weighted by atomic mass is 10.1. The zero-order valence-electron chi connectivity index (χ0n) is 20.0. The second-order valence-corrected chi connectivity index (χ2v) is 8.28. The van der Waals surface area contributed by atoms with Crippen LogP contribution in [0.25, 0.3) is 10.8 Å². The number of aliphatic carboxylic acids is 1. The minimum Gasteiger partial charge on any atom is -0.481 e. The van der Waals surface area contributed by atoms with E-state index in [9.17, 15) is 27.6 Å². The first-order valence-corrected chi connectivity index (χ1v) is 11.2. The van der Waals surface area contributed by atoms with E-state index in [1.54, 1.807) is 6.07 Å². The first kappa shape index (κ1) is 27.2. The van der Waals surface area contributed by atoms with Crippen LogP contribution in [-0.4, -0.2) is 52.3 Å². The third-order valence-electron chi connectivity index (χ3n) is 5.68. The standard InChI is InChI=1S/C25H25F3N4O5/c1-14(37-25(36)31-21-11-17-10-18(26)7-6-15(17)12-29-21)20(8-9-22(33)34)32(2)24(35)30-13-16-4-3-5-19(27)23(16)28/h3-7,10-12,14,20H,8-9,13H2,1-2H3,(H,30,35)(H,33,34)(H,29,31,36)/t14?,20-/m0/s1. The number of anilines is 1. The number of urea groups is 1. The van der Waals surface area contributed by atoms with Crippen LogP contribution in [0.15, 0.2) is 48.7 Å². The first-order valence-electron chi connectivity index (χ1n) is 11.2. The van der Waals surface area contributed by atoms with Crippen molar-refractivity contribution in [2.45, 2.75) is 38.5 Å². The molecule has 3 rings (SSSR count). The SMILES string of the molecule is CC(OC(=O)Nc1cc2cc(F)ccc2cn1)[C@H](CCC(=O)O)N(C)C(=O)NCc1cccc(F)c1F. The van der Waals surface area contributed by atoms with E-state index in [2.05, 4.69) is 15.6 Å². The minimum absolute atomic E-state index is 0.0600. The predicted octanol–water partition coefficient (Wildman–Crippen LogP) is 4.66. The molecule has 3 N–H and O–H groups in total. The number of carbonyl (C=O) groups excluding carboxylic acids is 2. The number of carbonyl (C=O) groups is 3. The summed E-state index contributed by atoms with van der Waals surface area (Å²) in [7, 11) is 1.36. The van der Waals surface area contributed by atoms with Crippen LogP contribution in [-0.2, 0) is 16.1 Å². The summed E-state index contributed by atoms with van der Waals surface area (Å²) >= 11 is 0. The van der Waals surface area contributed by atoms with Crippen molar-refractivity contribution in [3.8, 4) is 0 Å². The summed E-state index contributed by atoms with van der Waals surface area (Å²) in [6.45, 7) is 1.16. The van der Waals surface area contributed by atoms with Crippen LogP contribution in [0.5, 0.6) is 0 Å². The van der Waals surface area contributed by atoms with E-state index in [0.717, 1.165) is 11.0 Å². The molecule has 0 radical (unpaired) electrons. The summed E-state index contributed by atoms with van der Waals surface area (Å²) in [5, 5.41) is 15.1. The molecule has 2 atom stereocenters. The van der Waals surface area contributed by atoms with Crippen molar-refractivity contribution >= 4 is 34.7 Å². The Balaban J connectivity index is 1.66. The molecular weight excluding hydrogens is 493 g/mol. The van der Waals surface area contributed by atoms with Crippen molar-refractivity contribution in [1.82, 2.24) is 15.2 Å². The number of ether oxygens (including phenoxy) is 1. The molecule has 3 aromatic rings. The minimum atomic E-state index is -1.12. The number of aromatic nitrogens is 1. The van der Waals surface area contributed by atoms with E-state index in [1.165, 1.54) is 50.5 Å². The molecule has 0 fully saturated rings. The van der Waals surface area contributed by atoms with Gasteiger partial charge in [0.25, 0.3) is 0 Å². The molecule has 3 amide bonds. The molecule has 0 aliphatic rings. The Labute approximate surface area is 210 Å². The fourth-order valence-electron chi connectivity index (χ4n) is 3.71. The number of rotatable bonds is 9. The second kappa shape index (κ2) is 12.1. The molecular formula is C25H25F3N4O5. The Kier molecular flexibility index (Phi) is 8.88. The number of amides is 3. The second-order valence-electron chi connectivity index (χ2n) is 8.28. The van der Waals surface area contributed by atoms with Crippen molar-refractivity contribution in [1.29, 1.82) is 0 Å². The van der Waals surface area contributed by atoms with Crippen molar-refractivity contribution < 1.29 is 37.4 Å². The summed E-state index contributed by atoms with van der Waals surface area (Å²) in [4.78, 5) is 41.5. The molecule has 196 valence electrons. The van der Waals surface area contributed by atoms with Gasteiger partial charge in [0.15, 0.2) is 11.6 Å². The Morgan fingerprint density at radius 1 is 1.11 bits per heavy atom. The molecule has 12 heteroatoms. The summed E-state index contributed by atoms with van der Waals surface area (Å²) < 4.78 is 46.2. The number of nitrogens with one attached hydrogen (secondary N) is 2. The van der Waals surface area contributed by atoms with Crippen LogP contribution < -0.4 is 10.6 Å². The third-order valence-corrected chi connectivity index (χ3v) is 5.68. The molecule has 1 heterocycles. The molecule has 9 nitrogen and oxygen atoms in total. The van der Waals surface area contributed by atoms with Gasteiger partial charge in [0.1, 0.15) is 17.7 Å². The number of fused-ring (bicyclic) bond motifs is 1. The predicted molar refractivity (Wildman–Crippen MR) is 128 cm³/mol. The lowest BCUT2D eigenvalue weighted by molar-refractivity contribution is -0.137. The fraction of sp³-hybridized carbons (Fsp3) is 0.280. The number of hydrogen-bond donors (Lipinski definition) is 3. The van der Waals surface area contributed by atoms with Crippen LogP contribution in [0.2, 0.25) is 0 Å². The number of benzene rings is 2. The number of nitrogens with zero attached hydrogens (tertiary/aromatic N) is 2. The number of likely N-dealkylation sites (N-methyl/N-ethyl adjacent to an activating group) is 1. The Bertz CT molecular complexity index is 1310. The lowest BCUT2D eigenvalue weighted by Crippen LogP contribution is -2.49. The summed E-state index contributed by atoms with van der Waals surface area (Å²) in [5.41, 5.74) is -0.0738. The molecule has 1 unspecified atom stereocenters. The van der Waals surface area contributed by atoms with Crippen molar-refractivity contribution in [2.75, 3.05) is 12.4 Å². The van der Waals surface area contributed by atoms with Gasteiger partial charge in [-0.25, -0.2) is 27.7 Å². The molecule has 2 aromatic carbocycles. The highest BCUT2D eigenvalue weighted by Gasteiger charge is 2.29. The molecule has 0 spiro atoms. The number of halogens is 3. The number of pyridine rings is 1. The maximum Gasteiger partial charge on any atom is 0.413 e. The molecule has 0 saturated heterocycles. The van der Waals surface area contributed by atoms with Crippen LogP contribution in [0, 0.1) is 17.5 Å². The molecule has 37 heavy (non-hydrogen) atoms. The van der Waals surface area contributed by atoms with Gasteiger partial charge in [-0.3, -0.25) is 10.1 Å². The lowest BCUT2D eigenvalue weighted by Gasteiger charge is -2.32. The largest absolute Gasteiger partial charge is 0.481 e. The van der Waals surface area contributed by atoms with Gasteiger partial charge >= 0.3 is 18.1 Å². The van der Waals surface area contributed by atoms with Gasteiger partial charge in [0.2, 0.25) is 0 Å². The number of hydrogen-bond acceptors (Lipinski definition) is 5. The summed E-state index contributed by atoms with van der Waals surface area (Å²) in [6, 6.07) is 7.53. The zero-order chi connectivity index (χ0) is 27.1. The van der Waals surface area contributed by atoms with E-state index in [1.807, 2.05) is 0 Å². The van der Waals surface area contributed by atoms with Gasteiger partial charge in [-0.05, 0) is 49.1 Å². The molecule has 0 saturated carbocycles. The van der Waals surface area contributed by atoms with E-state index in [0.29, 0.717) is 10.8 Å². The van der Waals surface area contributed by atoms with E-state index in [-0.39, 0.29) is 30.8 Å². The van der Waals surface area contributed by atoms with Crippen molar-refractivity contribution in [3.05, 3.63) is 71.7 Å². The highest BCUT2D eigenvalue weighted by atomic mass is 19.2. The highest BCUT2D eigenvalue weighted by Crippen LogP contribution is 2.19. The van der Waals surface area contributed by atoms with Crippen LogP contribution in [0.1, 0.15) is 25.3 Å². The molecule has 0 aliphatic carbocycles. The van der Waals surface area contributed by atoms with Gasteiger partial charge in [-0.1, -0.05) is 12.1 Å². The van der Waals surface area contributed by atoms with Gasteiger partial charge in [0.05, 0.1) is 6.04 Å². The van der Waals surface area contributed by atoms with Crippen molar-refractivity contribution in [3.63, 3.8) is 0 Å². The third kappa shape index (κ3) is 7.32. The van der Waals surface area contributed by atoms with Crippen LogP contribution in [0.4, 0.5) is 28.6 Å². The number of carboxylic acids is 1. The average Bonchev–Trinajstić information content (AvgIpc) is 2.84. The van der Waals surface area contributed by atoms with Crippen molar-refractivity contribution in [2.24, 2.45) is 0 Å². The van der Waals surface area contributed by atoms with Gasteiger partial charge in [-0.15, -0.1) is 0 Å². The monoisotopic (exact) mass is 518 g/mol. The van der Waals surface area contributed by atoms with Gasteiger partial charge in [-0.2, -0.15) is 0 Å². The van der Waals surface area contributed by atoms with Crippen LogP contribution in [0.3, 0.4) is 0 Å². The first-order chi connectivity index (χ1) is 17.5. The quantitative estimate of drug-likeness (QED) is 0.379. The van der Waals surface area contributed by atoms with E-state index in [4.69, 9.17) is 9.84 Å². The molecule has 0 aliphatic heterocycles. The fourth-order valence-corrected chi connectivity index (χ4v) is 3.71. The summed E-state index contributed by atoms with van der Waals surface area (Å²) in [5.74, 6) is -3.63. The average molecular weight is 518 g/mol. The Morgan fingerprint density at radius 3 is 2.59 bits per heavy atom. The maximum atomic E-state index is 13.9. The van der Waals surface area contributed by atoms with E-state index < -0.39 is 47.7 Å².